The van der Waals surface area contributed by atoms with E-state index in [9.17, 15) is 18.5 Å². The fourth-order valence-corrected chi connectivity index (χ4v) is 5.96. The number of thiophene rings is 1. The van der Waals surface area contributed by atoms with Crippen molar-refractivity contribution in [3.05, 3.63) is 63.2 Å². The van der Waals surface area contributed by atoms with Crippen LogP contribution < -0.4 is 0 Å². The lowest BCUT2D eigenvalue weighted by Crippen LogP contribution is -2.00. The molecular weight excluding hydrogens is 418 g/mol. The zero-order chi connectivity index (χ0) is 18.5. The molecule has 0 unspecified atom stereocenters. The van der Waals surface area contributed by atoms with Gasteiger partial charge in [-0.3, -0.25) is 14.5 Å². The molecule has 4 rings (SSSR count). The molecule has 7 nitrogen and oxygen atoms in total. The number of thiazole rings is 1. The van der Waals surface area contributed by atoms with Crippen molar-refractivity contribution in [3.63, 3.8) is 0 Å². The van der Waals surface area contributed by atoms with Gasteiger partial charge in [-0.1, -0.05) is 22.9 Å². The maximum absolute atomic E-state index is 12.7. The molecule has 4 aromatic rings. The van der Waals surface area contributed by atoms with Crippen molar-refractivity contribution < 1.29 is 13.3 Å². The van der Waals surface area contributed by atoms with Gasteiger partial charge in [-0.25, -0.2) is 13.4 Å². The Kier molecular flexibility index (Phi) is 4.07. The first-order chi connectivity index (χ1) is 12.3. The third kappa shape index (κ3) is 2.90. The number of nitro groups is 1. The molecule has 132 valence electrons. The van der Waals surface area contributed by atoms with Gasteiger partial charge in [0, 0.05) is 24.5 Å². The number of nitro benzene ring substituents is 1. The standard InChI is InChI=1S/C15H8ClN3O4S3/c16-13-6-5-12(24-13)11-7-18-8-14(25-15(18)17-11)26(22,23)10-3-1-9(2-4-10)19(20)21/h1-8H. The lowest BCUT2D eigenvalue weighted by Gasteiger charge is -2.00. The Morgan fingerprint density at radius 2 is 1.81 bits per heavy atom. The molecule has 1 aromatic carbocycles. The van der Waals surface area contributed by atoms with Crippen molar-refractivity contribution in [1.82, 2.24) is 9.38 Å². The molecule has 0 amide bonds. The SMILES string of the molecule is O=[N+]([O-])c1ccc(S(=O)(=O)c2cn3cc(-c4ccc(Cl)s4)nc3s2)cc1. The number of halogens is 1. The summed E-state index contributed by atoms with van der Waals surface area (Å²) in [6.45, 7) is 0. The highest BCUT2D eigenvalue weighted by Crippen LogP contribution is 2.34. The van der Waals surface area contributed by atoms with Crippen LogP contribution in [-0.2, 0) is 9.84 Å². The fraction of sp³-hybridized carbons (Fsp3) is 0. The lowest BCUT2D eigenvalue weighted by atomic mass is 10.3. The Morgan fingerprint density at radius 1 is 1.08 bits per heavy atom. The predicted octanol–water partition coefficient (Wildman–Crippen LogP) is 4.52. The molecule has 0 aliphatic carbocycles. The number of nitrogens with zero attached hydrogens (tertiary/aromatic N) is 3. The molecule has 3 aromatic heterocycles. The summed E-state index contributed by atoms with van der Waals surface area (Å²) in [5.41, 5.74) is 0.552. The average Bonchev–Trinajstić information content (AvgIpc) is 3.28. The van der Waals surface area contributed by atoms with Crippen LogP contribution in [0.25, 0.3) is 15.5 Å². The number of sulfone groups is 1. The number of imidazole rings is 1. The van der Waals surface area contributed by atoms with Crippen LogP contribution in [0.3, 0.4) is 0 Å². The lowest BCUT2D eigenvalue weighted by molar-refractivity contribution is -0.384. The van der Waals surface area contributed by atoms with E-state index in [1.165, 1.54) is 41.8 Å². The molecule has 0 aliphatic rings. The van der Waals surface area contributed by atoms with Crippen LogP contribution in [0, 0.1) is 10.1 Å². The van der Waals surface area contributed by atoms with Crippen molar-refractivity contribution in [2.24, 2.45) is 0 Å². The molecule has 11 heteroatoms. The summed E-state index contributed by atoms with van der Waals surface area (Å²) in [5.74, 6) is 0. The van der Waals surface area contributed by atoms with Crippen LogP contribution >= 0.6 is 34.3 Å². The van der Waals surface area contributed by atoms with E-state index in [1.54, 1.807) is 16.7 Å². The smallest absolute Gasteiger partial charge is 0.269 e. The second-order valence-corrected chi connectivity index (χ2v) is 10.1. The molecule has 0 spiro atoms. The topological polar surface area (TPSA) is 94.6 Å². The monoisotopic (exact) mass is 425 g/mol. The molecule has 0 radical (unpaired) electrons. The second kappa shape index (κ2) is 6.16. The van der Waals surface area contributed by atoms with Crippen molar-refractivity contribution in [1.29, 1.82) is 0 Å². The molecule has 26 heavy (non-hydrogen) atoms. The number of benzene rings is 1. The zero-order valence-electron chi connectivity index (χ0n) is 12.7. The van der Waals surface area contributed by atoms with Crippen LogP contribution in [0.15, 0.2) is 57.9 Å². The maximum atomic E-state index is 12.7. The minimum atomic E-state index is -3.77. The normalized spacial score (nSPS) is 11.9. The summed E-state index contributed by atoms with van der Waals surface area (Å²) in [4.78, 5) is 16.0. The van der Waals surface area contributed by atoms with E-state index in [-0.39, 0.29) is 14.8 Å². The quantitative estimate of drug-likeness (QED) is 0.354. The third-order valence-corrected chi connectivity index (χ3v) is 8.06. The van der Waals surface area contributed by atoms with E-state index in [4.69, 9.17) is 11.6 Å². The minimum absolute atomic E-state index is 0.00198. The summed E-state index contributed by atoms with van der Waals surface area (Å²) in [6, 6.07) is 8.44. The van der Waals surface area contributed by atoms with Crippen molar-refractivity contribution in [2.75, 3.05) is 0 Å². The van der Waals surface area contributed by atoms with E-state index in [0.717, 1.165) is 16.2 Å². The van der Waals surface area contributed by atoms with Crippen LogP contribution in [0.1, 0.15) is 0 Å². The van der Waals surface area contributed by atoms with Crippen molar-refractivity contribution in [2.45, 2.75) is 9.10 Å². The highest BCUT2D eigenvalue weighted by molar-refractivity contribution is 7.93. The molecule has 0 atom stereocenters. The molecule has 0 bridgehead atoms. The zero-order valence-corrected chi connectivity index (χ0v) is 15.9. The van der Waals surface area contributed by atoms with Crippen LogP contribution in [0.4, 0.5) is 5.69 Å². The van der Waals surface area contributed by atoms with Gasteiger partial charge in [-0.05, 0) is 24.3 Å². The number of aromatic nitrogens is 2. The summed E-state index contributed by atoms with van der Waals surface area (Å²) in [7, 11) is -3.77. The van der Waals surface area contributed by atoms with E-state index < -0.39 is 14.8 Å². The molecule has 0 fully saturated rings. The van der Waals surface area contributed by atoms with Crippen LogP contribution in [0.2, 0.25) is 4.34 Å². The Hall–Kier alpha value is -2.27. The van der Waals surface area contributed by atoms with Crippen molar-refractivity contribution in [3.8, 4) is 10.6 Å². The number of rotatable bonds is 4. The Bertz CT molecular complexity index is 1210. The number of non-ortho nitro benzene ring substituents is 1. The highest BCUT2D eigenvalue weighted by atomic mass is 35.5. The van der Waals surface area contributed by atoms with E-state index in [0.29, 0.717) is 15.0 Å². The van der Waals surface area contributed by atoms with Crippen LogP contribution in [0.5, 0.6) is 0 Å². The number of hydrogen-bond donors (Lipinski definition) is 0. The summed E-state index contributed by atoms with van der Waals surface area (Å²) in [5, 5.41) is 10.7. The number of hydrogen-bond acceptors (Lipinski definition) is 7. The highest BCUT2D eigenvalue weighted by Gasteiger charge is 2.23. The van der Waals surface area contributed by atoms with Gasteiger partial charge in [0.15, 0.2) is 4.96 Å². The number of fused-ring (bicyclic) bond motifs is 1. The first kappa shape index (κ1) is 17.2. The minimum Gasteiger partial charge on any atom is -0.296 e. The second-order valence-electron chi connectivity index (χ2n) is 5.22. The Labute approximate surface area is 160 Å². The molecule has 0 saturated heterocycles. The van der Waals surface area contributed by atoms with Gasteiger partial charge < -0.3 is 0 Å². The van der Waals surface area contributed by atoms with Gasteiger partial charge in [0.1, 0.15) is 9.90 Å². The first-order valence-electron chi connectivity index (χ1n) is 7.08. The van der Waals surface area contributed by atoms with Crippen molar-refractivity contribution >= 4 is 54.8 Å². The Balaban J connectivity index is 1.71. The molecule has 0 N–H and O–H groups in total. The average molecular weight is 426 g/mol. The molecule has 0 aliphatic heterocycles. The van der Waals surface area contributed by atoms with Crippen LogP contribution in [-0.4, -0.2) is 22.7 Å². The summed E-state index contributed by atoms with van der Waals surface area (Å²) < 4.78 is 27.9. The van der Waals surface area contributed by atoms with Gasteiger partial charge in [0.05, 0.1) is 19.0 Å². The Morgan fingerprint density at radius 3 is 2.38 bits per heavy atom. The molecular formula is C15H8ClN3O4S3. The van der Waals surface area contributed by atoms with E-state index in [2.05, 4.69) is 4.98 Å². The van der Waals surface area contributed by atoms with Gasteiger partial charge in [-0.15, -0.1) is 11.3 Å². The van der Waals surface area contributed by atoms with Gasteiger partial charge in [0.25, 0.3) is 5.69 Å². The molecule has 3 heterocycles. The largest absolute Gasteiger partial charge is 0.296 e. The van der Waals surface area contributed by atoms with E-state index >= 15 is 0 Å². The first-order valence-corrected chi connectivity index (χ1v) is 10.6. The maximum Gasteiger partial charge on any atom is 0.269 e. The summed E-state index contributed by atoms with van der Waals surface area (Å²) in [6.07, 6.45) is 3.23. The van der Waals surface area contributed by atoms with Gasteiger partial charge in [-0.2, -0.15) is 0 Å². The predicted molar refractivity (Wildman–Crippen MR) is 99.9 cm³/mol. The third-order valence-electron chi connectivity index (χ3n) is 3.58. The van der Waals surface area contributed by atoms with Gasteiger partial charge >= 0.3 is 0 Å². The fourth-order valence-electron chi connectivity index (χ4n) is 2.33. The summed E-state index contributed by atoms with van der Waals surface area (Å²) >= 11 is 8.36. The van der Waals surface area contributed by atoms with Gasteiger partial charge in [0.2, 0.25) is 9.84 Å². The van der Waals surface area contributed by atoms with E-state index in [1.807, 2.05) is 6.07 Å². The molecule has 0 saturated carbocycles.